The van der Waals surface area contributed by atoms with Gasteiger partial charge >= 0.3 is 0 Å². The monoisotopic (exact) mass is 457 g/mol. The zero-order valence-corrected chi connectivity index (χ0v) is 19.1. The van der Waals surface area contributed by atoms with Crippen LogP contribution in [0.1, 0.15) is 47.5 Å². The molecule has 0 fully saturated rings. The molecule has 0 aliphatic carbocycles. The Morgan fingerprint density at radius 2 is 2.00 bits per heavy atom. The molecule has 2 aromatic heterocycles. The Hall–Kier alpha value is -3.62. The third-order valence-electron chi connectivity index (χ3n) is 6.05. The zero-order chi connectivity index (χ0) is 23.1. The standard InChI is InChI=1S/C27H21ClFN3O/c1-3-23-24(32-9-8-19(28)12-26(32)31-23)11-17-4-6-21-18(10-17)15-33-25-13-20(29)5-7-22(25)27(21)16(2)14-30/h4-10,12-13H,3,11,15H2,1-2H3/b27-16+. The van der Waals surface area contributed by atoms with Gasteiger partial charge in [0.25, 0.3) is 0 Å². The number of benzene rings is 2. The molecular weight excluding hydrogens is 437 g/mol. The highest BCUT2D eigenvalue weighted by Gasteiger charge is 2.22. The van der Waals surface area contributed by atoms with Gasteiger partial charge in [-0.15, -0.1) is 0 Å². The minimum Gasteiger partial charge on any atom is -0.488 e. The number of nitrogens with zero attached hydrogens (tertiary/aromatic N) is 3. The molecule has 1 aliphatic heterocycles. The lowest BCUT2D eigenvalue weighted by atomic mass is 9.89. The minimum absolute atomic E-state index is 0.297. The van der Waals surface area contributed by atoms with E-state index in [1.165, 1.54) is 12.1 Å². The molecule has 0 unspecified atom stereocenters. The van der Waals surface area contributed by atoms with Crippen LogP contribution in [-0.2, 0) is 19.4 Å². The summed E-state index contributed by atoms with van der Waals surface area (Å²) in [6, 6.07) is 16.7. The fourth-order valence-corrected chi connectivity index (χ4v) is 4.64. The van der Waals surface area contributed by atoms with Crippen molar-refractivity contribution in [3.63, 3.8) is 0 Å². The molecule has 0 spiro atoms. The first-order valence-corrected chi connectivity index (χ1v) is 11.2. The first-order chi connectivity index (χ1) is 16.0. The van der Waals surface area contributed by atoms with Crippen molar-refractivity contribution >= 4 is 22.8 Å². The Morgan fingerprint density at radius 1 is 1.18 bits per heavy atom. The van der Waals surface area contributed by atoms with E-state index in [0.29, 0.717) is 29.4 Å². The Kier molecular flexibility index (Phi) is 5.39. The molecule has 0 saturated carbocycles. The van der Waals surface area contributed by atoms with Crippen molar-refractivity contribution in [2.75, 3.05) is 0 Å². The third kappa shape index (κ3) is 3.77. The van der Waals surface area contributed by atoms with E-state index in [-0.39, 0.29) is 5.82 Å². The summed E-state index contributed by atoms with van der Waals surface area (Å²) >= 11 is 6.16. The van der Waals surface area contributed by atoms with Crippen LogP contribution < -0.4 is 4.74 Å². The lowest BCUT2D eigenvalue weighted by Crippen LogP contribution is -2.02. The summed E-state index contributed by atoms with van der Waals surface area (Å²) in [7, 11) is 0. The van der Waals surface area contributed by atoms with Gasteiger partial charge in [0, 0.05) is 52.2 Å². The number of nitriles is 1. The molecule has 4 nitrogen and oxygen atoms in total. The summed E-state index contributed by atoms with van der Waals surface area (Å²) in [5.74, 6) is 0.0819. The molecule has 33 heavy (non-hydrogen) atoms. The van der Waals surface area contributed by atoms with Gasteiger partial charge in [-0.1, -0.05) is 36.7 Å². The fourth-order valence-electron chi connectivity index (χ4n) is 4.49. The number of rotatable bonds is 3. The van der Waals surface area contributed by atoms with Crippen molar-refractivity contribution in [2.24, 2.45) is 0 Å². The Morgan fingerprint density at radius 3 is 2.79 bits per heavy atom. The largest absolute Gasteiger partial charge is 0.488 e. The molecule has 6 heteroatoms. The number of aromatic nitrogens is 2. The molecule has 0 N–H and O–H groups in total. The van der Waals surface area contributed by atoms with Crippen LogP contribution in [0.3, 0.4) is 0 Å². The molecule has 1 aliphatic rings. The van der Waals surface area contributed by atoms with Gasteiger partial charge in [-0.05, 0) is 48.2 Å². The summed E-state index contributed by atoms with van der Waals surface area (Å²) < 4.78 is 22.0. The fraction of sp³-hybridized carbons (Fsp3) is 0.185. The van der Waals surface area contributed by atoms with Gasteiger partial charge in [-0.3, -0.25) is 0 Å². The second-order valence-corrected chi connectivity index (χ2v) is 8.58. The normalized spacial score (nSPS) is 14.2. The summed E-state index contributed by atoms with van der Waals surface area (Å²) in [5, 5.41) is 10.3. The van der Waals surface area contributed by atoms with Crippen LogP contribution in [0.2, 0.25) is 5.02 Å². The van der Waals surface area contributed by atoms with Gasteiger partial charge in [0.1, 0.15) is 23.8 Å². The van der Waals surface area contributed by atoms with E-state index < -0.39 is 0 Å². The number of ether oxygens (including phenoxy) is 1. The lowest BCUT2D eigenvalue weighted by Gasteiger charge is -2.13. The molecule has 0 amide bonds. The summed E-state index contributed by atoms with van der Waals surface area (Å²) in [6.07, 6.45) is 3.46. The maximum absolute atomic E-state index is 13.9. The van der Waals surface area contributed by atoms with E-state index in [1.807, 2.05) is 24.4 Å². The lowest BCUT2D eigenvalue weighted by molar-refractivity contribution is 0.305. The molecule has 0 atom stereocenters. The van der Waals surface area contributed by atoms with E-state index in [2.05, 4.69) is 29.5 Å². The van der Waals surface area contributed by atoms with E-state index >= 15 is 0 Å². The van der Waals surface area contributed by atoms with Crippen molar-refractivity contribution in [3.05, 3.63) is 105 Å². The van der Waals surface area contributed by atoms with Gasteiger partial charge < -0.3 is 9.14 Å². The second-order valence-electron chi connectivity index (χ2n) is 8.14. The minimum atomic E-state index is -0.367. The number of allylic oxidation sites excluding steroid dienone is 1. The van der Waals surface area contributed by atoms with Crippen LogP contribution in [0.4, 0.5) is 4.39 Å². The molecule has 0 saturated heterocycles. The van der Waals surface area contributed by atoms with Crippen LogP contribution in [0.15, 0.2) is 60.3 Å². The van der Waals surface area contributed by atoms with Crippen molar-refractivity contribution in [1.82, 2.24) is 9.38 Å². The average Bonchev–Trinajstić information content (AvgIpc) is 3.06. The van der Waals surface area contributed by atoms with E-state index in [9.17, 15) is 9.65 Å². The number of hydrogen-bond acceptors (Lipinski definition) is 3. The van der Waals surface area contributed by atoms with E-state index in [4.69, 9.17) is 21.3 Å². The summed E-state index contributed by atoms with van der Waals surface area (Å²) in [5.41, 5.74) is 8.07. The molecular formula is C27H21ClFN3O. The second kappa shape index (κ2) is 8.38. The van der Waals surface area contributed by atoms with E-state index in [0.717, 1.165) is 51.3 Å². The third-order valence-corrected chi connectivity index (χ3v) is 6.29. The Labute approximate surface area is 196 Å². The van der Waals surface area contributed by atoms with Crippen molar-refractivity contribution in [3.8, 4) is 11.8 Å². The number of hydrogen-bond donors (Lipinski definition) is 0. The average molecular weight is 458 g/mol. The molecule has 0 radical (unpaired) electrons. The number of fused-ring (bicyclic) bond motifs is 3. The van der Waals surface area contributed by atoms with Gasteiger partial charge in [-0.25, -0.2) is 9.37 Å². The van der Waals surface area contributed by atoms with Crippen LogP contribution in [-0.4, -0.2) is 9.38 Å². The molecule has 4 aromatic rings. The molecule has 5 rings (SSSR count). The maximum atomic E-state index is 13.9. The summed E-state index contributed by atoms with van der Waals surface area (Å²) in [4.78, 5) is 4.75. The molecule has 3 heterocycles. The highest BCUT2D eigenvalue weighted by molar-refractivity contribution is 6.30. The quantitative estimate of drug-likeness (QED) is 0.329. The van der Waals surface area contributed by atoms with Crippen molar-refractivity contribution < 1.29 is 9.13 Å². The van der Waals surface area contributed by atoms with E-state index in [1.54, 1.807) is 13.0 Å². The molecule has 0 bridgehead atoms. The molecule has 164 valence electrons. The van der Waals surface area contributed by atoms with Crippen LogP contribution >= 0.6 is 11.6 Å². The SMILES string of the molecule is CCc1nc2cc(Cl)ccn2c1Cc1ccc2c(c1)COc1cc(F)ccc1/C2=C(\C)C#N. The number of halogens is 2. The maximum Gasteiger partial charge on any atom is 0.138 e. The van der Waals surface area contributed by atoms with Gasteiger partial charge in [0.15, 0.2) is 0 Å². The van der Waals surface area contributed by atoms with Crippen molar-refractivity contribution in [2.45, 2.75) is 33.3 Å². The first kappa shape index (κ1) is 21.2. The molecule has 2 aromatic carbocycles. The smallest absolute Gasteiger partial charge is 0.138 e. The van der Waals surface area contributed by atoms with Gasteiger partial charge in [-0.2, -0.15) is 5.26 Å². The van der Waals surface area contributed by atoms with Crippen LogP contribution in [0, 0.1) is 17.1 Å². The van der Waals surface area contributed by atoms with Crippen LogP contribution in [0.25, 0.3) is 11.2 Å². The van der Waals surface area contributed by atoms with Gasteiger partial charge in [0.2, 0.25) is 0 Å². The number of pyridine rings is 1. The Bertz CT molecular complexity index is 1480. The Balaban J connectivity index is 1.60. The number of imidazole rings is 1. The van der Waals surface area contributed by atoms with Gasteiger partial charge in [0.05, 0.1) is 11.8 Å². The predicted molar refractivity (Wildman–Crippen MR) is 127 cm³/mol. The topological polar surface area (TPSA) is 50.3 Å². The van der Waals surface area contributed by atoms with Crippen LogP contribution in [0.5, 0.6) is 5.75 Å². The van der Waals surface area contributed by atoms with Crippen molar-refractivity contribution in [1.29, 1.82) is 5.26 Å². The number of aryl methyl sites for hydroxylation is 1. The summed E-state index contributed by atoms with van der Waals surface area (Å²) in [6.45, 7) is 4.17. The highest BCUT2D eigenvalue weighted by atomic mass is 35.5. The highest BCUT2D eigenvalue weighted by Crippen LogP contribution is 2.39. The predicted octanol–water partition coefficient (Wildman–Crippen LogP) is 6.52. The zero-order valence-electron chi connectivity index (χ0n) is 18.3. The first-order valence-electron chi connectivity index (χ1n) is 10.8.